The molecule has 0 N–H and O–H groups in total. The van der Waals surface area contributed by atoms with Crippen LogP contribution in [0.1, 0.15) is 21.9 Å². The number of halogens is 3. The topological polar surface area (TPSA) is 30.2 Å². The first kappa shape index (κ1) is 11.4. The van der Waals surface area contributed by atoms with Crippen LogP contribution in [0.15, 0.2) is 28.7 Å². The maximum atomic E-state index is 13.3. The Bertz CT molecular complexity index is 564. The second kappa shape index (κ2) is 4.08. The molecule has 5 heteroatoms. The predicted octanol–water partition coefficient (Wildman–Crippen LogP) is 3.24. The van der Waals surface area contributed by atoms with E-state index < -0.39 is 28.8 Å². The van der Waals surface area contributed by atoms with E-state index in [2.05, 4.69) is 0 Å². The van der Waals surface area contributed by atoms with Crippen molar-refractivity contribution in [2.45, 2.75) is 6.92 Å². The molecule has 0 aliphatic heterocycles. The number of carbonyl (C=O) groups excluding carboxylic acids is 1. The van der Waals surface area contributed by atoms with E-state index >= 15 is 0 Å². The van der Waals surface area contributed by atoms with Crippen LogP contribution in [0.5, 0.6) is 0 Å². The molecule has 0 atom stereocenters. The van der Waals surface area contributed by atoms with Crippen molar-refractivity contribution in [2.75, 3.05) is 0 Å². The van der Waals surface area contributed by atoms with Crippen molar-refractivity contribution in [1.29, 1.82) is 0 Å². The standard InChI is InChI=1S/C12H7F3O2/c1-6-2-3-10(17-6)12(16)11-8(14)4-7(13)5-9(11)15/h2-5H,1H3. The van der Waals surface area contributed by atoms with Crippen molar-refractivity contribution in [3.05, 3.63) is 58.8 Å². The molecular formula is C12H7F3O2. The number of furan rings is 1. The summed E-state index contributed by atoms with van der Waals surface area (Å²) < 4.78 is 44.3. The molecule has 2 aromatic rings. The first-order valence-corrected chi connectivity index (χ1v) is 4.74. The van der Waals surface area contributed by atoms with Gasteiger partial charge in [-0.25, -0.2) is 13.2 Å². The number of benzene rings is 1. The Balaban J connectivity index is 2.51. The van der Waals surface area contributed by atoms with Crippen LogP contribution in [0.25, 0.3) is 0 Å². The van der Waals surface area contributed by atoms with Crippen molar-refractivity contribution in [3.63, 3.8) is 0 Å². The lowest BCUT2D eigenvalue weighted by atomic mass is 10.1. The van der Waals surface area contributed by atoms with E-state index in [1.165, 1.54) is 12.1 Å². The summed E-state index contributed by atoms with van der Waals surface area (Å²) in [6.07, 6.45) is 0. The van der Waals surface area contributed by atoms with E-state index in [1.54, 1.807) is 6.92 Å². The summed E-state index contributed by atoms with van der Waals surface area (Å²) in [5.74, 6) is -4.27. The zero-order valence-corrected chi connectivity index (χ0v) is 8.76. The molecule has 1 heterocycles. The molecule has 0 unspecified atom stereocenters. The van der Waals surface area contributed by atoms with Crippen molar-refractivity contribution in [3.8, 4) is 0 Å². The van der Waals surface area contributed by atoms with Crippen LogP contribution in [0.2, 0.25) is 0 Å². The molecule has 0 amide bonds. The van der Waals surface area contributed by atoms with Crippen LogP contribution in [0, 0.1) is 24.4 Å². The summed E-state index contributed by atoms with van der Waals surface area (Å²) in [5, 5.41) is 0. The highest BCUT2D eigenvalue weighted by Crippen LogP contribution is 2.19. The first-order valence-electron chi connectivity index (χ1n) is 4.74. The highest BCUT2D eigenvalue weighted by Gasteiger charge is 2.22. The lowest BCUT2D eigenvalue weighted by molar-refractivity contribution is 0.0999. The Morgan fingerprint density at radius 3 is 2.18 bits per heavy atom. The van der Waals surface area contributed by atoms with Crippen LogP contribution >= 0.6 is 0 Å². The predicted molar refractivity (Wildman–Crippen MR) is 53.2 cm³/mol. The molecule has 1 aromatic heterocycles. The SMILES string of the molecule is Cc1ccc(C(=O)c2c(F)cc(F)cc2F)o1. The fourth-order valence-electron chi connectivity index (χ4n) is 1.44. The average molecular weight is 240 g/mol. The monoisotopic (exact) mass is 240 g/mol. The molecule has 0 fully saturated rings. The molecule has 2 nitrogen and oxygen atoms in total. The van der Waals surface area contributed by atoms with Gasteiger partial charge in [0.15, 0.2) is 5.76 Å². The molecule has 0 spiro atoms. The van der Waals surface area contributed by atoms with Crippen molar-refractivity contribution in [2.24, 2.45) is 0 Å². The molecule has 0 radical (unpaired) electrons. The van der Waals surface area contributed by atoms with E-state index in [9.17, 15) is 18.0 Å². The Kier molecular flexibility index (Phi) is 2.75. The van der Waals surface area contributed by atoms with Crippen LogP contribution in [0.4, 0.5) is 13.2 Å². The lowest BCUT2D eigenvalue weighted by Gasteiger charge is -2.02. The smallest absolute Gasteiger partial charge is 0.234 e. The van der Waals surface area contributed by atoms with Gasteiger partial charge in [0, 0.05) is 12.1 Å². The molecule has 0 bridgehead atoms. The highest BCUT2D eigenvalue weighted by molar-refractivity contribution is 6.07. The van der Waals surface area contributed by atoms with Crippen LogP contribution in [0.3, 0.4) is 0 Å². The third-order valence-corrected chi connectivity index (χ3v) is 2.20. The minimum Gasteiger partial charge on any atom is -0.458 e. The van der Waals surface area contributed by atoms with Crippen LogP contribution < -0.4 is 0 Å². The van der Waals surface area contributed by atoms with E-state index in [1.807, 2.05) is 0 Å². The molecular weight excluding hydrogens is 233 g/mol. The molecule has 2 rings (SSSR count). The van der Waals surface area contributed by atoms with E-state index in [-0.39, 0.29) is 5.76 Å². The minimum absolute atomic E-state index is 0.188. The second-order valence-electron chi connectivity index (χ2n) is 3.48. The van der Waals surface area contributed by atoms with E-state index in [4.69, 9.17) is 4.42 Å². The van der Waals surface area contributed by atoms with Gasteiger partial charge < -0.3 is 4.42 Å². The molecule has 0 saturated heterocycles. The van der Waals surface area contributed by atoms with Gasteiger partial charge in [-0.1, -0.05) is 0 Å². The average Bonchev–Trinajstić information content (AvgIpc) is 2.63. The Labute approximate surface area is 94.7 Å². The van der Waals surface area contributed by atoms with Gasteiger partial charge in [0.2, 0.25) is 5.78 Å². The molecule has 0 aliphatic carbocycles. The highest BCUT2D eigenvalue weighted by atomic mass is 19.1. The van der Waals surface area contributed by atoms with Gasteiger partial charge in [0.05, 0.1) is 5.56 Å². The first-order chi connectivity index (χ1) is 7.99. The summed E-state index contributed by atoms with van der Waals surface area (Å²) >= 11 is 0. The molecule has 88 valence electrons. The largest absolute Gasteiger partial charge is 0.458 e. The summed E-state index contributed by atoms with van der Waals surface area (Å²) in [6, 6.07) is 3.70. The van der Waals surface area contributed by atoms with Crippen molar-refractivity contribution >= 4 is 5.78 Å². The lowest BCUT2D eigenvalue weighted by Crippen LogP contribution is -2.07. The Morgan fingerprint density at radius 1 is 1.12 bits per heavy atom. The van der Waals surface area contributed by atoms with Crippen molar-refractivity contribution < 1.29 is 22.4 Å². The summed E-state index contributed by atoms with van der Waals surface area (Å²) in [5.41, 5.74) is -0.819. The van der Waals surface area contributed by atoms with Gasteiger partial charge in [-0.2, -0.15) is 0 Å². The number of aryl methyl sites for hydroxylation is 1. The number of rotatable bonds is 2. The number of hydrogen-bond acceptors (Lipinski definition) is 2. The Hall–Kier alpha value is -2.04. The van der Waals surface area contributed by atoms with Gasteiger partial charge in [-0.15, -0.1) is 0 Å². The summed E-state index contributed by atoms with van der Waals surface area (Å²) in [7, 11) is 0. The third-order valence-electron chi connectivity index (χ3n) is 2.20. The molecule has 0 saturated carbocycles. The molecule has 0 aliphatic rings. The molecule has 17 heavy (non-hydrogen) atoms. The van der Waals surface area contributed by atoms with Gasteiger partial charge in [0.1, 0.15) is 23.2 Å². The normalized spacial score (nSPS) is 10.6. The van der Waals surface area contributed by atoms with Crippen LogP contribution in [-0.2, 0) is 0 Å². The maximum Gasteiger partial charge on any atom is 0.234 e. The molecule has 1 aromatic carbocycles. The van der Waals surface area contributed by atoms with Gasteiger partial charge >= 0.3 is 0 Å². The third kappa shape index (κ3) is 2.08. The van der Waals surface area contributed by atoms with Gasteiger partial charge in [-0.05, 0) is 19.1 Å². The number of ketones is 1. The maximum absolute atomic E-state index is 13.3. The second-order valence-corrected chi connectivity index (χ2v) is 3.48. The minimum atomic E-state index is -1.25. The number of carbonyl (C=O) groups is 1. The van der Waals surface area contributed by atoms with E-state index in [0.29, 0.717) is 17.9 Å². The van der Waals surface area contributed by atoms with Gasteiger partial charge in [-0.3, -0.25) is 4.79 Å². The Morgan fingerprint density at radius 2 is 1.71 bits per heavy atom. The fourth-order valence-corrected chi connectivity index (χ4v) is 1.44. The van der Waals surface area contributed by atoms with Crippen molar-refractivity contribution in [1.82, 2.24) is 0 Å². The quantitative estimate of drug-likeness (QED) is 0.754. The summed E-state index contributed by atoms with van der Waals surface area (Å²) in [4.78, 5) is 11.7. The fraction of sp³-hybridized carbons (Fsp3) is 0.0833. The van der Waals surface area contributed by atoms with Gasteiger partial charge in [0.25, 0.3) is 0 Å². The zero-order valence-electron chi connectivity index (χ0n) is 8.76. The van der Waals surface area contributed by atoms with Crippen LogP contribution in [-0.4, -0.2) is 5.78 Å². The van der Waals surface area contributed by atoms with E-state index in [0.717, 1.165) is 0 Å². The zero-order chi connectivity index (χ0) is 12.6. The number of hydrogen-bond donors (Lipinski definition) is 0. The summed E-state index contributed by atoms with van der Waals surface area (Å²) in [6.45, 7) is 1.59.